The van der Waals surface area contributed by atoms with Crippen molar-refractivity contribution in [2.75, 3.05) is 18.7 Å². The van der Waals surface area contributed by atoms with Gasteiger partial charge >= 0.3 is 0 Å². The van der Waals surface area contributed by atoms with Gasteiger partial charge in [-0.3, -0.25) is 4.79 Å². The molecule has 1 amide bonds. The molecule has 2 N–H and O–H groups in total. The van der Waals surface area contributed by atoms with Crippen LogP contribution in [-0.4, -0.2) is 25.3 Å². The molecule has 1 heterocycles. The molecule has 5 heteroatoms. The van der Waals surface area contributed by atoms with Gasteiger partial charge in [0.05, 0.1) is 6.54 Å². The van der Waals surface area contributed by atoms with Crippen LogP contribution >= 0.6 is 0 Å². The summed E-state index contributed by atoms with van der Waals surface area (Å²) in [6, 6.07) is 5.76. The summed E-state index contributed by atoms with van der Waals surface area (Å²) in [5, 5.41) is 6.02. The minimum Gasteiger partial charge on any atom is -0.454 e. The Balaban J connectivity index is 1.80. The highest BCUT2D eigenvalue weighted by Crippen LogP contribution is 2.34. The van der Waals surface area contributed by atoms with E-state index < -0.39 is 0 Å². The van der Waals surface area contributed by atoms with Crippen LogP contribution in [-0.2, 0) is 4.79 Å². The second kappa shape index (κ2) is 6.31. The molecule has 19 heavy (non-hydrogen) atoms. The number of carbonyl (C=O) groups is 1. The van der Waals surface area contributed by atoms with Crippen molar-refractivity contribution in [3.63, 3.8) is 0 Å². The van der Waals surface area contributed by atoms with Gasteiger partial charge < -0.3 is 20.1 Å². The number of carbonyl (C=O) groups excluding carboxylic acids is 1. The van der Waals surface area contributed by atoms with Crippen molar-refractivity contribution in [1.29, 1.82) is 0 Å². The molecule has 0 aromatic heterocycles. The fourth-order valence-corrected chi connectivity index (χ4v) is 2.02. The quantitative estimate of drug-likeness (QED) is 0.826. The molecular formula is C14H20N2O3. The molecule has 0 saturated heterocycles. The zero-order valence-corrected chi connectivity index (χ0v) is 11.4. The second-order valence-electron chi connectivity index (χ2n) is 4.68. The lowest BCUT2D eigenvalue weighted by molar-refractivity contribution is -0.120. The number of amides is 1. The van der Waals surface area contributed by atoms with Crippen LogP contribution in [0.1, 0.15) is 26.7 Å². The number of hydrogen-bond donors (Lipinski definition) is 2. The number of fused-ring (bicyclic) bond motifs is 1. The van der Waals surface area contributed by atoms with Crippen molar-refractivity contribution < 1.29 is 14.3 Å². The Bertz CT molecular complexity index is 448. The third kappa shape index (κ3) is 3.77. The zero-order chi connectivity index (χ0) is 13.7. The Hall–Kier alpha value is -1.91. The lowest BCUT2D eigenvalue weighted by atomic mass is 10.2. The highest BCUT2D eigenvalue weighted by Gasteiger charge is 2.13. The summed E-state index contributed by atoms with van der Waals surface area (Å²) in [5.41, 5.74) is 0.850. The van der Waals surface area contributed by atoms with Crippen LogP contribution < -0.4 is 20.1 Å². The topological polar surface area (TPSA) is 59.6 Å². The number of rotatable bonds is 6. The largest absolute Gasteiger partial charge is 0.454 e. The molecule has 1 aromatic carbocycles. The Morgan fingerprint density at radius 2 is 2.16 bits per heavy atom. The minimum atomic E-state index is -0.00128. The van der Waals surface area contributed by atoms with E-state index in [0.29, 0.717) is 5.75 Å². The van der Waals surface area contributed by atoms with Gasteiger partial charge in [-0.15, -0.1) is 0 Å². The first-order valence-corrected chi connectivity index (χ1v) is 6.62. The van der Waals surface area contributed by atoms with Crippen LogP contribution in [0.4, 0.5) is 5.69 Å². The van der Waals surface area contributed by atoms with E-state index in [1.807, 2.05) is 25.1 Å². The molecule has 1 aromatic rings. The predicted molar refractivity (Wildman–Crippen MR) is 73.6 cm³/mol. The van der Waals surface area contributed by atoms with E-state index in [-0.39, 0.29) is 25.3 Å². The van der Waals surface area contributed by atoms with Crippen molar-refractivity contribution >= 4 is 11.6 Å². The Morgan fingerprint density at radius 1 is 1.37 bits per heavy atom. The summed E-state index contributed by atoms with van der Waals surface area (Å²) in [6.07, 6.45) is 2.06. The molecule has 104 valence electrons. The predicted octanol–water partition coefficient (Wildman–Crippen LogP) is 2.13. The summed E-state index contributed by atoms with van der Waals surface area (Å²) in [4.78, 5) is 11.7. The molecule has 5 nitrogen and oxygen atoms in total. The van der Waals surface area contributed by atoms with Gasteiger partial charge in [0.15, 0.2) is 11.5 Å². The smallest absolute Gasteiger partial charge is 0.239 e. The molecule has 1 aliphatic rings. The summed E-state index contributed by atoms with van der Waals surface area (Å²) < 4.78 is 10.5. The van der Waals surface area contributed by atoms with Gasteiger partial charge in [0.1, 0.15) is 0 Å². The summed E-state index contributed by atoms with van der Waals surface area (Å²) in [5.74, 6) is 1.45. The number of anilines is 1. The molecule has 1 atom stereocenters. The highest BCUT2D eigenvalue weighted by atomic mass is 16.7. The average molecular weight is 264 g/mol. The van der Waals surface area contributed by atoms with Crippen LogP contribution in [0.25, 0.3) is 0 Å². The Morgan fingerprint density at radius 3 is 2.95 bits per heavy atom. The van der Waals surface area contributed by atoms with Crippen LogP contribution in [0, 0.1) is 0 Å². The number of benzene rings is 1. The molecule has 0 aliphatic carbocycles. The normalized spacial score (nSPS) is 14.0. The lowest BCUT2D eigenvalue weighted by Gasteiger charge is -2.13. The van der Waals surface area contributed by atoms with Crippen LogP contribution in [0.2, 0.25) is 0 Å². The molecule has 1 aliphatic heterocycles. The molecule has 0 saturated carbocycles. The van der Waals surface area contributed by atoms with Crippen LogP contribution in [0.3, 0.4) is 0 Å². The SMILES string of the molecule is CCCC(C)NC(=O)CNc1ccc2c(c1)OCO2. The van der Waals surface area contributed by atoms with Gasteiger partial charge in [0, 0.05) is 17.8 Å². The first kappa shape index (κ1) is 13.5. The fraction of sp³-hybridized carbons (Fsp3) is 0.500. The summed E-state index contributed by atoms with van der Waals surface area (Å²) in [6.45, 7) is 4.64. The molecule has 1 unspecified atom stereocenters. The van der Waals surface area contributed by atoms with Crippen LogP contribution in [0.5, 0.6) is 11.5 Å². The highest BCUT2D eigenvalue weighted by molar-refractivity contribution is 5.81. The lowest BCUT2D eigenvalue weighted by Crippen LogP contribution is -2.36. The minimum absolute atomic E-state index is 0.00128. The first-order chi connectivity index (χ1) is 9.19. The maximum atomic E-state index is 11.7. The summed E-state index contributed by atoms with van der Waals surface area (Å²) >= 11 is 0. The number of hydrogen-bond acceptors (Lipinski definition) is 4. The third-order valence-electron chi connectivity index (χ3n) is 2.95. The Kier molecular flexibility index (Phi) is 4.49. The van der Waals surface area contributed by atoms with Crippen molar-refractivity contribution in [2.24, 2.45) is 0 Å². The monoisotopic (exact) mass is 264 g/mol. The molecular weight excluding hydrogens is 244 g/mol. The fourth-order valence-electron chi connectivity index (χ4n) is 2.02. The Labute approximate surface area is 113 Å². The third-order valence-corrected chi connectivity index (χ3v) is 2.95. The molecule has 0 radical (unpaired) electrons. The molecule has 2 rings (SSSR count). The van der Waals surface area contributed by atoms with Crippen molar-refractivity contribution in [2.45, 2.75) is 32.7 Å². The van der Waals surface area contributed by atoms with Gasteiger partial charge in [-0.25, -0.2) is 0 Å². The van der Waals surface area contributed by atoms with Gasteiger partial charge in [-0.2, -0.15) is 0 Å². The van der Waals surface area contributed by atoms with E-state index in [1.165, 1.54) is 0 Å². The van der Waals surface area contributed by atoms with E-state index in [9.17, 15) is 4.79 Å². The van der Waals surface area contributed by atoms with Crippen molar-refractivity contribution in [1.82, 2.24) is 5.32 Å². The molecule has 0 bridgehead atoms. The van der Waals surface area contributed by atoms with E-state index in [4.69, 9.17) is 9.47 Å². The van der Waals surface area contributed by atoms with Gasteiger partial charge in [0.25, 0.3) is 0 Å². The maximum absolute atomic E-state index is 11.7. The van der Waals surface area contributed by atoms with Crippen molar-refractivity contribution in [3.8, 4) is 11.5 Å². The molecule has 0 spiro atoms. The first-order valence-electron chi connectivity index (χ1n) is 6.62. The van der Waals surface area contributed by atoms with Gasteiger partial charge in [-0.05, 0) is 25.5 Å². The standard InChI is InChI=1S/C14H20N2O3/c1-3-4-10(2)16-14(17)8-15-11-5-6-12-13(7-11)19-9-18-12/h5-7,10,15H,3-4,8-9H2,1-2H3,(H,16,17). The van der Waals surface area contributed by atoms with Crippen molar-refractivity contribution in [3.05, 3.63) is 18.2 Å². The zero-order valence-electron chi connectivity index (χ0n) is 11.4. The molecule has 0 fully saturated rings. The number of nitrogens with one attached hydrogen (secondary N) is 2. The number of ether oxygens (including phenoxy) is 2. The van der Waals surface area contributed by atoms with Crippen LogP contribution in [0.15, 0.2) is 18.2 Å². The van der Waals surface area contributed by atoms with Gasteiger partial charge in [0.2, 0.25) is 12.7 Å². The maximum Gasteiger partial charge on any atom is 0.239 e. The van der Waals surface area contributed by atoms with E-state index in [2.05, 4.69) is 17.6 Å². The van der Waals surface area contributed by atoms with E-state index in [1.54, 1.807) is 0 Å². The summed E-state index contributed by atoms with van der Waals surface area (Å²) in [7, 11) is 0. The van der Waals surface area contributed by atoms with Gasteiger partial charge in [-0.1, -0.05) is 13.3 Å². The van der Waals surface area contributed by atoms with E-state index >= 15 is 0 Å². The second-order valence-corrected chi connectivity index (χ2v) is 4.68. The van der Waals surface area contributed by atoms with E-state index in [0.717, 1.165) is 24.3 Å². The average Bonchev–Trinajstić information content (AvgIpc) is 2.83.